The van der Waals surface area contributed by atoms with Crippen LogP contribution in [0.15, 0.2) is 48.5 Å². The zero-order valence-electron chi connectivity index (χ0n) is 13.9. The molecule has 0 bridgehead atoms. The number of hydrogen-bond acceptors (Lipinski definition) is 2. The van der Waals surface area contributed by atoms with E-state index in [1.165, 1.54) is 0 Å². The summed E-state index contributed by atoms with van der Waals surface area (Å²) in [4.78, 5) is 24.0. The third-order valence-corrected chi connectivity index (χ3v) is 4.27. The molecule has 0 heterocycles. The third kappa shape index (κ3) is 4.97. The minimum Gasteiger partial charge on any atom is -0.331 e. The number of rotatable bonds is 5. The first kappa shape index (κ1) is 17.3. The fraction of sp³-hybridized carbons (Fsp3) is 0.263. The summed E-state index contributed by atoms with van der Waals surface area (Å²) in [6.07, 6.45) is 1.90. The summed E-state index contributed by atoms with van der Waals surface area (Å²) in [5.74, 6) is 0.176. The molecule has 25 heavy (non-hydrogen) atoms. The molecule has 5 nitrogen and oxygen atoms in total. The van der Waals surface area contributed by atoms with E-state index in [0.717, 1.165) is 18.4 Å². The predicted molar refractivity (Wildman–Crippen MR) is 99.8 cm³/mol. The number of nitrogens with one attached hydrogen (secondary N) is 3. The zero-order valence-corrected chi connectivity index (χ0v) is 14.6. The van der Waals surface area contributed by atoms with Gasteiger partial charge in [-0.15, -0.1) is 0 Å². The van der Waals surface area contributed by atoms with Crippen LogP contribution in [0.5, 0.6) is 0 Å². The second-order valence-electron chi connectivity index (χ2n) is 6.22. The molecule has 130 valence electrons. The number of anilines is 2. The standard InChI is InChI=1S/C19H20ClN3O2/c1-12(14-4-2-5-15(20)10-14)21-19(25)23-17-7-3-6-16(11-17)22-18(24)13-8-9-13/h2-7,10-13H,8-9H2,1H3,(H,22,24)(H2,21,23,25)/t12-/m0/s1. The Balaban J connectivity index is 1.57. The molecular formula is C19H20ClN3O2. The number of halogens is 1. The molecule has 0 unspecified atom stereocenters. The van der Waals surface area contributed by atoms with Crippen molar-refractivity contribution >= 4 is 34.9 Å². The summed E-state index contributed by atoms with van der Waals surface area (Å²) >= 11 is 5.98. The molecule has 1 aliphatic rings. The van der Waals surface area contributed by atoms with Gasteiger partial charge in [0.25, 0.3) is 0 Å². The molecule has 0 radical (unpaired) electrons. The normalized spacial score (nSPS) is 14.5. The van der Waals surface area contributed by atoms with E-state index in [2.05, 4.69) is 16.0 Å². The number of carbonyl (C=O) groups is 2. The quantitative estimate of drug-likeness (QED) is 0.733. The van der Waals surface area contributed by atoms with E-state index < -0.39 is 0 Å². The molecule has 2 aromatic rings. The first-order chi connectivity index (χ1) is 12.0. The molecule has 1 atom stereocenters. The van der Waals surface area contributed by atoms with Crippen LogP contribution in [0.3, 0.4) is 0 Å². The van der Waals surface area contributed by atoms with Gasteiger partial charge in [0.15, 0.2) is 0 Å². The monoisotopic (exact) mass is 357 g/mol. The molecule has 0 spiro atoms. The van der Waals surface area contributed by atoms with Crippen molar-refractivity contribution in [1.82, 2.24) is 5.32 Å². The van der Waals surface area contributed by atoms with Gasteiger partial charge in [0.05, 0.1) is 6.04 Å². The van der Waals surface area contributed by atoms with E-state index in [4.69, 9.17) is 11.6 Å². The first-order valence-electron chi connectivity index (χ1n) is 8.25. The minimum atomic E-state index is -0.321. The smallest absolute Gasteiger partial charge is 0.319 e. The second kappa shape index (κ2) is 7.57. The van der Waals surface area contributed by atoms with Crippen LogP contribution in [0.25, 0.3) is 0 Å². The lowest BCUT2D eigenvalue weighted by atomic mass is 10.1. The topological polar surface area (TPSA) is 70.2 Å². The van der Waals surface area contributed by atoms with Crippen LogP contribution >= 0.6 is 11.6 Å². The van der Waals surface area contributed by atoms with E-state index >= 15 is 0 Å². The fourth-order valence-electron chi connectivity index (χ4n) is 2.49. The van der Waals surface area contributed by atoms with Gasteiger partial charge >= 0.3 is 6.03 Å². The van der Waals surface area contributed by atoms with Crippen LogP contribution in [0, 0.1) is 5.92 Å². The van der Waals surface area contributed by atoms with Gasteiger partial charge in [-0.25, -0.2) is 4.79 Å². The molecule has 0 aromatic heterocycles. The van der Waals surface area contributed by atoms with Gasteiger partial charge in [-0.2, -0.15) is 0 Å². The lowest BCUT2D eigenvalue weighted by molar-refractivity contribution is -0.117. The van der Waals surface area contributed by atoms with Crippen molar-refractivity contribution in [3.63, 3.8) is 0 Å². The van der Waals surface area contributed by atoms with Crippen LogP contribution in [0.2, 0.25) is 5.02 Å². The summed E-state index contributed by atoms with van der Waals surface area (Å²) in [7, 11) is 0. The van der Waals surface area contributed by atoms with Crippen molar-refractivity contribution in [3.05, 3.63) is 59.1 Å². The Bertz CT molecular complexity index is 790. The lowest BCUT2D eigenvalue weighted by Crippen LogP contribution is -2.31. The number of benzene rings is 2. The highest BCUT2D eigenvalue weighted by Crippen LogP contribution is 2.30. The second-order valence-corrected chi connectivity index (χ2v) is 6.66. The van der Waals surface area contributed by atoms with Gasteiger partial charge in [0.1, 0.15) is 0 Å². The van der Waals surface area contributed by atoms with Crippen molar-refractivity contribution in [2.45, 2.75) is 25.8 Å². The maximum atomic E-state index is 12.2. The Morgan fingerprint density at radius 1 is 1.04 bits per heavy atom. The molecular weight excluding hydrogens is 338 g/mol. The Labute approximate surface area is 151 Å². The predicted octanol–water partition coefficient (Wildman–Crippen LogP) is 4.57. The highest BCUT2D eigenvalue weighted by molar-refractivity contribution is 6.30. The Morgan fingerprint density at radius 3 is 2.40 bits per heavy atom. The molecule has 1 aliphatic carbocycles. The molecule has 0 aliphatic heterocycles. The Morgan fingerprint density at radius 2 is 1.72 bits per heavy atom. The third-order valence-electron chi connectivity index (χ3n) is 4.03. The van der Waals surface area contributed by atoms with Crippen molar-refractivity contribution in [2.24, 2.45) is 5.92 Å². The SMILES string of the molecule is C[C@H](NC(=O)Nc1cccc(NC(=O)C2CC2)c1)c1cccc(Cl)c1. The van der Waals surface area contributed by atoms with E-state index in [1.807, 2.05) is 25.1 Å². The minimum absolute atomic E-state index is 0.0381. The number of carbonyl (C=O) groups excluding carboxylic acids is 2. The average molecular weight is 358 g/mol. The zero-order chi connectivity index (χ0) is 17.8. The van der Waals surface area contributed by atoms with Crippen LogP contribution in [-0.2, 0) is 4.79 Å². The summed E-state index contributed by atoms with van der Waals surface area (Å²) in [6, 6.07) is 14.0. The molecule has 3 amide bonds. The molecule has 3 rings (SSSR count). The molecule has 3 N–H and O–H groups in total. The van der Waals surface area contributed by atoms with E-state index in [9.17, 15) is 9.59 Å². The molecule has 1 saturated carbocycles. The number of hydrogen-bond donors (Lipinski definition) is 3. The van der Waals surface area contributed by atoms with Gasteiger partial charge in [-0.1, -0.05) is 29.8 Å². The van der Waals surface area contributed by atoms with E-state index in [1.54, 1.807) is 30.3 Å². The first-order valence-corrected chi connectivity index (χ1v) is 8.63. The van der Waals surface area contributed by atoms with Gasteiger partial charge < -0.3 is 16.0 Å². The average Bonchev–Trinajstić information content (AvgIpc) is 3.40. The Hall–Kier alpha value is -2.53. The molecule has 1 fully saturated rings. The van der Waals surface area contributed by atoms with Crippen molar-refractivity contribution in [2.75, 3.05) is 10.6 Å². The van der Waals surface area contributed by atoms with Gasteiger partial charge in [-0.05, 0) is 55.7 Å². The van der Waals surface area contributed by atoms with Gasteiger partial charge in [-0.3, -0.25) is 4.79 Å². The van der Waals surface area contributed by atoms with E-state index in [-0.39, 0.29) is 23.9 Å². The summed E-state index contributed by atoms with van der Waals surface area (Å²) < 4.78 is 0. The maximum absolute atomic E-state index is 12.2. The maximum Gasteiger partial charge on any atom is 0.319 e. The van der Waals surface area contributed by atoms with Gasteiger partial charge in [0, 0.05) is 22.3 Å². The summed E-state index contributed by atoms with van der Waals surface area (Å²) in [5.41, 5.74) is 2.22. The van der Waals surface area contributed by atoms with Crippen molar-refractivity contribution in [1.29, 1.82) is 0 Å². The highest BCUT2D eigenvalue weighted by atomic mass is 35.5. The molecule has 2 aromatic carbocycles. The highest BCUT2D eigenvalue weighted by Gasteiger charge is 2.29. The van der Waals surface area contributed by atoms with Crippen LogP contribution in [-0.4, -0.2) is 11.9 Å². The van der Waals surface area contributed by atoms with E-state index in [0.29, 0.717) is 16.4 Å². The van der Waals surface area contributed by atoms with Crippen molar-refractivity contribution < 1.29 is 9.59 Å². The largest absolute Gasteiger partial charge is 0.331 e. The van der Waals surface area contributed by atoms with Crippen LogP contribution in [0.4, 0.5) is 16.2 Å². The summed E-state index contributed by atoms with van der Waals surface area (Å²) in [5, 5.41) is 9.14. The number of urea groups is 1. The Kier molecular flexibility index (Phi) is 5.24. The molecule has 0 saturated heterocycles. The van der Waals surface area contributed by atoms with Crippen LogP contribution in [0.1, 0.15) is 31.4 Å². The fourth-order valence-corrected chi connectivity index (χ4v) is 2.69. The summed E-state index contributed by atoms with van der Waals surface area (Å²) in [6.45, 7) is 1.89. The van der Waals surface area contributed by atoms with Crippen molar-refractivity contribution in [3.8, 4) is 0 Å². The number of amides is 3. The van der Waals surface area contributed by atoms with Gasteiger partial charge in [0.2, 0.25) is 5.91 Å². The van der Waals surface area contributed by atoms with Crippen LogP contribution < -0.4 is 16.0 Å². The lowest BCUT2D eigenvalue weighted by Gasteiger charge is -2.16. The molecule has 6 heteroatoms.